The smallest absolute Gasteiger partial charge is 0.290 e. The van der Waals surface area contributed by atoms with Gasteiger partial charge >= 0.3 is 0 Å². The fourth-order valence-corrected chi connectivity index (χ4v) is 3.27. The SMILES string of the molecule is Cc1ccc(NC(=O)c2nc(C(=O)N3CCOCC3)n3ccccc23)cc1C. The average Bonchev–Trinajstić information content (AvgIpc) is 3.11. The third-order valence-corrected chi connectivity index (χ3v) is 5.02. The molecule has 1 fully saturated rings. The van der Waals surface area contributed by atoms with Crippen molar-refractivity contribution in [1.29, 1.82) is 0 Å². The summed E-state index contributed by atoms with van der Waals surface area (Å²) in [5, 5.41) is 2.89. The quantitative estimate of drug-likeness (QED) is 0.760. The first-order valence-corrected chi connectivity index (χ1v) is 9.27. The van der Waals surface area contributed by atoms with Gasteiger partial charge in [-0.3, -0.25) is 14.0 Å². The molecule has 7 heteroatoms. The van der Waals surface area contributed by atoms with Gasteiger partial charge in [0.15, 0.2) is 5.69 Å². The number of hydrogen-bond acceptors (Lipinski definition) is 4. The van der Waals surface area contributed by atoms with E-state index in [1.54, 1.807) is 21.6 Å². The Hall–Kier alpha value is -3.19. The minimum atomic E-state index is -0.340. The molecule has 0 radical (unpaired) electrons. The molecule has 28 heavy (non-hydrogen) atoms. The molecule has 0 atom stereocenters. The molecule has 1 N–H and O–H groups in total. The minimum absolute atomic E-state index is 0.199. The maximum atomic E-state index is 12.9. The summed E-state index contributed by atoms with van der Waals surface area (Å²) < 4.78 is 6.99. The highest BCUT2D eigenvalue weighted by Gasteiger charge is 2.26. The number of anilines is 1. The van der Waals surface area contributed by atoms with Gasteiger partial charge in [-0.05, 0) is 49.2 Å². The lowest BCUT2D eigenvalue weighted by atomic mass is 10.1. The van der Waals surface area contributed by atoms with Crippen molar-refractivity contribution < 1.29 is 14.3 Å². The van der Waals surface area contributed by atoms with Crippen LogP contribution in [0.25, 0.3) is 5.52 Å². The maximum absolute atomic E-state index is 12.9. The molecule has 1 aromatic carbocycles. The van der Waals surface area contributed by atoms with Crippen LogP contribution in [0.2, 0.25) is 0 Å². The largest absolute Gasteiger partial charge is 0.378 e. The number of carbonyl (C=O) groups excluding carboxylic acids is 2. The number of hydrogen-bond donors (Lipinski definition) is 1. The number of imidazole rings is 1. The van der Waals surface area contributed by atoms with Gasteiger partial charge in [-0.1, -0.05) is 12.1 Å². The second kappa shape index (κ2) is 7.44. The summed E-state index contributed by atoms with van der Waals surface area (Å²) in [5.74, 6) is -0.301. The Morgan fingerprint density at radius 2 is 1.86 bits per heavy atom. The van der Waals surface area contributed by atoms with Crippen molar-refractivity contribution in [1.82, 2.24) is 14.3 Å². The number of pyridine rings is 1. The molecule has 3 heterocycles. The number of nitrogens with one attached hydrogen (secondary N) is 1. The van der Waals surface area contributed by atoms with Gasteiger partial charge in [0, 0.05) is 25.0 Å². The zero-order valence-electron chi connectivity index (χ0n) is 15.9. The van der Waals surface area contributed by atoms with E-state index < -0.39 is 0 Å². The summed E-state index contributed by atoms with van der Waals surface area (Å²) in [7, 11) is 0. The second-order valence-electron chi connectivity index (χ2n) is 6.90. The standard InChI is InChI=1S/C21H22N4O3/c1-14-6-7-16(13-15(14)2)22-20(26)18-17-5-3-4-8-25(17)19(23-18)21(27)24-9-11-28-12-10-24/h3-8,13H,9-12H2,1-2H3,(H,22,26). The van der Waals surface area contributed by atoms with Crippen LogP contribution in [0.4, 0.5) is 5.69 Å². The molecule has 0 bridgehead atoms. The Morgan fingerprint density at radius 1 is 1.07 bits per heavy atom. The first kappa shape index (κ1) is 18.2. The maximum Gasteiger partial charge on any atom is 0.290 e. The van der Waals surface area contributed by atoms with Crippen LogP contribution in [0.3, 0.4) is 0 Å². The first-order chi connectivity index (χ1) is 13.5. The summed E-state index contributed by atoms with van der Waals surface area (Å²) in [6, 6.07) is 11.2. The van der Waals surface area contributed by atoms with Crippen molar-refractivity contribution in [3.63, 3.8) is 0 Å². The number of benzene rings is 1. The monoisotopic (exact) mass is 378 g/mol. The van der Waals surface area contributed by atoms with Crippen molar-refractivity contribution >= 4 is 23.0 Å². The third-order valence-electron chi connectivity index (χ3n) is 5.02. The topological polar surface area (TPSA) is 75.9 Å². The number of nitrogens with zero attached hydrogens (tertiary/aromatic N) is 3. The molecule has 0 unspecified atom stereocenters. The highest BCUT2D eigenvalue weighted by atomic mass is 16.5. The van der Waals surface area contributed by atoms with Crippen LogP contribution >= 0.6 is 0 Å². The molecular weight excluding hydrogens is 356 g/mol. The third kappa shape index (κ3) is 3.36. The van der Waals surface area contributed by atoms with Gasteiger partial charge in [0.1, 0.15) is 0 Å². The molecule has 7 nitrogen and oxygen atoms in total. The lowest BCUT2D eigenvalue weighted by molar-refractivity contribution is 0.0294. The summed E-state index contributed by atoms with van der Waals surface area (Å²) in [4.78, 5) is 32.0. The Bertz CT molecular complexity index is 1050. The van der Waals surface area contributed by atoms with Crippen molar-refractivity contribution in [3.05, 3.63) is 65.2 Å². The van der Waals surface area contributed by atoms with E-state index in [0.717, 1.165) is 11.1 Å². The molecule has 1 aliphatic rings. The number of aryl methyl sites for hydroxylation is 2. The summed E-state index contributed by atoms with van der Waals surface area (Å²) in [6.45, 7) is 6.07. The van der Waals surface area contributed by atoms with Crippen LogP contribution in [0.5, 0.6) is 0 Å². The van der Waals surface area contributed by atoms with Gasteiger partial charge in [0.2, 0.25) is 5.82 Å². The highest BCUT2D eigenvalue weighted by molar-refractivity contribution is 6.09. The molecule has 0 saturated carbocycles. The molecule has 0 aliphatic carbocycles. The van der Waals surface area contributed by atoms with E-state index in [-0.39, 0.29) is 23.3 Å². The number of morpholine rings is 1. The van der Waals surface area contributed by atoms with Gasteiger partial charge < -0.3 is 15.0 Å². The Kier molecular flexibility index (Phi) is 4.83. The van der Waals surface area contributed by atoms with E-state index in [1.165, 1.54) is 0 Å². The number of aromatic nitrogens is 2. The minimum Gasteiger partial charge on any atom is -0.378 e. The molecule has 144 valence electrons. The molecule has 1 aliphatic heterocycles. The van der Waals surface area contributed by atoms with Crippen molar-refractivity contribution in [3.8, 4) is 0 Å². The zero-order valence-corrected chi connectivity index (χ0v) is 15.9. The van der Waals surface area contributed by atoms with Crippen LogP contribution in [-0.2, 0) is 4.74 Å². The normalized spacial score (nSPS) is 14.3. The first-order valence-electron chi connectivity index (χ1n) is 9.27. The number of carbonyl (C=O) groups is 2. The fourth-order valence-electron chi connectivity index (χ4n) is 3.27. The van der Waals surface area contributed by atoms with E-state index in [9.17, 15) is 9.59 Å². The number of fused-ring (bicyclic) bond motifs is 1. The number of rotatable bonds is 3. The van der Waals surface area contributed by atoms with Gasteiger partial charge in [0.05, 0.1) is 18.7 Å². The van der Waals surface area contributed by atoms with Crippen molar-refractivity contribution in [2.45, 2.75) is 13.8 Å². The average molecular weight is 378 g/mol. The zero-order chi connectivity index (χ0) is 19.7. The van der Waals surface area contributed by atoms with E-state index in [4.69, 9.17) is 4.74 Å². The molecule has 1 saturated heterocycles. The van der Waals surface area contributed by atoms with Crippen LogP contribution in [0, 0.1) is 13.8 Å². The van der Waals surface area contributed by atoms with Crippen LogP contribution in [0.1, 0.15) is 32.2 Å². The van der Waals surface area contributed by atoms with Gasteiger partial charge in [-0.2, -0.15) is 0 Å². The van der Waals surface area contributed by atoms with E-state index in [2.05, 4.69) is 10.3 Å². The molecule has 3 aromatic rings. The van der Waals surface area contributed by atoms with Crippen molar-refractivity contribution in [2.75, 3.05) is 31.6 Å². The number of amides is 2. The fraction of sp³-hybridized carbons (Fsp3) is 0.286. The lowest BCUT2D eigenvalue weighted by Crippen LogP contribution is -2.41. The second-order valence-corrected chi connectivity index (χ2v) is 6.90. The van der Waals surface area contributed by atoms with Crippen LogP contribution in [-0.4, -0.2) is 52.4 Å². The lowest BCUT2D eigenvalue weighted by Gasteiger charge is -2.26. The van der Waals surface area contributed by atoms with E-state index in [1.807, 2.05) is 44.2 Å². The molecule has 2 amide bonds. The summed E-state index contributed by atoms with van der Waals surface area (Å²) >= 11 is 0. The summed E-state index contributed by atoms with van der Waals surface area (Å²) in [5.41, 5.74) is 3.78. The number of ether oxygens (including phenoxy) is 1. The molecule has 4 rings (SSSR count). The van der Waals surface area contributed by atoms with E-state index >= 15 is 0 Å². The predicted octanol–water partition coefficient (Wildman–Crippen LogP) is 2.68. The Balaban J connectivity index is 1.68. The van der Waals surface area contributed by atoms with Crippen LogP contribution < -0.4 is 5.32 Å². The van der Waals surface area contributed by atoms with Gasteiger partial charge in [-0.15, -0.1) is 0 Å². The summed E-state index contributed by atoms with van der Waals surface area (Å²) in [6.07, 6.45) is 1.75. The highest BCUT2D eigenvalue weighted by Crippen LogP contribution is 2.19. The van der Waals surface area contributed by atoms with E-state index in [0.29, 0.717) is 37.5 Å². The predicted molar refractivity (Wildman–Crippen MR) is 106 cm³/mol. The van der Waals surface area contributed by atoms with Crippen LogP contribution in [0.15, 0.2) is 42.6 Å². The van der Waals surface area contributed by atoms with Gasteiger partial charge in [0.25, 0.3) is 11.8 Å². The molecule has 2 aromatic heterocycles. The van der Waals surface area contributed by atoms with Gasteiger partial charge in [-0.25, -0.2) is 4.98 Å². The molecular formula is C21H22N4O3. The van der Waals surface area contributed by atoms with Crippen molar-refractivity contribution in [2.24, 2.45) is 0 Å². The Labute approximate surface area is 162 Å². The Morgan fingerprint density at radius 3 is 2.61 bits per heavy atom. The molecule has 0 spiro atoms.